The van der Waals surface area contributed by atoms with Crippen LogP contribution in [0.15, 0.2) is 0 Å². The standard InChI is InChI=1S/C104H196N2O18/c1-6-11-16-21-26-31-36-37-38-39-40-41-42-43-44-45-46-47-48-49-54-59-64-69-74-79-94(113)120-89(78-73-68-63-58-53-35-30-25-20-15-10-5)83-93(112)106-98-102(124-96(115)82-88(110)77-72-67-62-57-52-34-29-24-19-14-9-4)99(116)90(84-107)122-104(98)119-85-91-100(117)101(123-95(114)81-87(109)76-71-66-61-56-51-33-28-23-18-13-8-3)97(103(118)121-91)105-92(111)80-86(108)75-70-65-60-55-50-32-27-22-17-12-7-2/h86-91,97-102,104,107-110,116-117H,6-85H2,1-5H3,(H,105,111)(H,106,112)/t86-,87-,88-,89-,90-,91-,97-,98-,99-,100-,101-,102-,104-/m1/s1. The molecule has 2 saturated heterocycles. The van der Waals surface area contributed by atoms with Gasteiger partial charge in [-0.05, 0) is 38.5 Å². The summed E-state index contributed by atoms with van der Waals surface area (Å²) in [5.41, 5.74) is 0. The molecule has 0 spiro atoms. The highest BCUT2D eigenvalue weighted by atomic mass is 16.7. The second-order valence-electron chi connectivity index (χ2n) is 38.0. The Kier molecular flexibility index (Phi) is 78.8. The van der Waals surface area contributed by atoms with E-state index in [1.54, 1.807) is 0 Å². The van der Waals surface area contributed by atoms with E-state index in [2.05, 4.69) is 45.3 Å². The monoisotopic (exact) mass is 1760 g/mol. The number of cyclic esters (lactones) is 1. The molecule has 0 radical (unpaired) electrons. The minimum absolute atomic E-state index is 0.189. The van der Waals surface area contributed by atoms with Gasteiger partial charge in [-0.25, -0.2) is 4.79 Å². The predicted octanol–water partition coefficient (Wildman–Crippen LogP) is 24.7. The first kappa shape index (κ1) is 117. The van der Waals surface area contributed by atoms with E-state index in [1.807, 2.05) is 0 Å². The van der Waals surface area contributed by atoms with E-state index < -0.39 is 141 Å². The summed E-state index contributed by atoms with van der Waals surface area (Å²) in [7, 11) is 0. The number of unbranched alkanes of at least 4 members (excludes halogenated alkanes) is 64. The van der Waals surface area contributed by atoms with Crippen molar-refractivity contribution in [2.75, 3.05) is 13.2 Å². The maximum absolute atomic E-state index is 14.8. The van der Waals surface area contributed by atoms with Gasteiger partial charge in [0.2, 0.25) is 11.8 Å². The van der Waals surface area contributed by atoms with Gasteiger partial charge in [-0.3, -0.25) is 24.0 Å². The molecule has 124 heavy (non-hydrogen) atoms. The number of nitrogens with one attached hydrogen (secondary N) is 2. The van der Waals surface area contributed by atoms with E-state index in [4.69, 9.17) is 28.4 Å². The Morgan fingerprint density at radius 2 is 0.605 bits per heavy atom. The summed E-state index contributed by atoms with van der Waals surface area (Å²) < 4.78 is 36.5. The Balaban J connectivity index is 2.33. The van der Waals surface area contributed by atoms with Gasteiger partial charge in [-0.2, -0.15) is 0 Å². The zero-order chi connectivity index (χ0) is 90.2. The van der Waals surface area contributed by atoms with E-state index in [9.17, 15) is 59.4 Å². The first-order valence-electron chi connectivity index (χ1n) is 53.2. The fourth-order valence-electron chi connectivity index (χ4n) is 18.0. The number of amides is 2. The Bertz CT molecular complexity index is 2460. The van der Waals surface area contributed by atoms with Crippen molar-refractivity contribution in [1.82, 2.24) is 10.6 Å². The molecular weight excluding hydrogens is 1570 g/mol. The van der Waals surface area contributed by atoms with Gasteiger partial charge in [0.15, 0.2) is 30.6 Å². The average Bonchev–Trinajstić information content (AvgIpc) is 0.789. The highest BCUT2D eigenvalue weighted by Crippen LogP contribution is 2.31. The SMILES string of the molecule is CCCCCCCCCCCCCCCCCCCCCCCCCCCC(=O)O[C@H](CCCCCCCCCCCCC)CC(=O)N[C@H]1[C@H](OC[C@H]2OC(=O)[C@H](NC(=O)C[C@H](O)CCCCCCCCCCCCC)[C@@H](OC(=O)C[C@H](O)CCCCCCCCCCCCC)[C@@H]2O)O[C@H](CO)[C@@H](O)[C@@H]1OC(=O)C[C@H](O)CCCCCCCCCCCCC. The van der Waals surface area contributed by atoms with Crippen molar-refractivity contribution in [3.05, 3.63) is 0 Å². The average molecular weight is 1760 g/mol. The quantitative estimate of drug-likeness (QED) is 0.0159. The Hall–Kier alpha value is -3.50. The Morgan fingerprint density at radius 3 is 0.927 bits per heavy atom. The van der Waals surface area contributed by atoms with Crippen LogP contribution in [0.3, 0.4) is 0 Å². The van der Waals surface area contributed by atoms with Crippen molar-refractivity contribution in [2.45, 2.75) is 615 Å². The van der Waals surface area contributed by atoms with E-state index in [0.717, 1.165) is 122 Å². The first-order chi connectivity index (χ1) is 60.5. The second-order valence-corrected chi connectivity index (χ2v) is 38.0. The number of esters is 4. The second kappa shape index (κ2) is 83.8. The summed E-state index contributed by atoms with van der Waals surface area (Å²) >= 11 is 0. The molecule has 13 atom stereocenters. The number of ether oxygens (including phenoxy) is 6. The molecule has 2 aliphatic rings. The van der Waals surface area contributed by atoms with Crippen molar-refractivity contribution >= 4 is 35.7 Å². The normalized spacial score (nSPS) is 19.4. The zero-order valence-corrected chi connectivity index (χ0v) is 80.7. The molecule has 0 unspecified atom stereocenters. The molecule has 20 nitrogen and oxygen atoms in total. The van der Waals surface area contributed by atoms with Crippen molar-refractivity contribution in [3.63, 3.8) is 0 Å². The van der Waals surface area contributed by atoms with Gasteiger partial charge in [-0.15, -0.1) is 0 Å². The van der Waals surface area contributed by atoms with Crippen LogP contribution in [0, 0.1) is 0 Å². The number of hydrogen-bond donors (Lipinski definition) is 8. The van der Waals surface area contributed by atoms with Crippen molar-refractivity contribution < 1.29 is 87.8 Å². The van der Waals surface area contributed by atoms with Crippen LogP contribution in [0.5, 0.6) is 0 Å². The largest absolute Gasteiger partial charge is 0.462 e. The molecule has 2 amide bonds. The lowest BCUT2D eigenvalue weighted by molar-refractivity contribution is -0.283. The van der Waals surface area contributed by atoms with Gasteiger partial charge in [-0.1, -0.05) is 465 Å². The predicted molar refractivity (Wildman–Crippen MR) is 504 cm³/mol. The molecule has 2 heterocycles. The van der Waals surface area contributed by atoms with Crippen molar-refractivity contribution in [1.29, 1.82) is 0 Å². The molecule has 8 N–H and O–H groups in total. The first-order valence-corrected chi connectivity index (χ1v) is 53.2. The zero-order valence-electron chi connectivity index (χ0n) is 80.7. The molecule has 0 bridgehead atoms. The maximum atomic E-state index is 14.8. The van der Waals surface area contributed by atoms with E-state index in [0.29, 0.717) is 57.8 Å². The number of rotatable bonds is 91. The van der Waals surface area contributed by atoms with Gasteiger partial charge in [0.25, 0.3) is 0 Å². The van der Waals surface area contributed by atoms with E-state index in [-0.39, 0.29) is 19.3 Å². The molecule has 0 aromatic carbocycles. The molecule has 730 valence electrons. The molecule has 2 rings (SSSR count). The van der Waals surface area contributed by atoms with Crippen LogP contribution in [0.2, 0.25) is 0 Å². The van der Waals surface area contributed by atoms with Crippen LogP contribution in [-0.4, -0.2) is 159 Å². The van der Waals surface area contributed by atoms with Crippen LogP contribution in [0.25, 0.3) is 0 Å². The molecule has 0 aromatic rings. The summed E-state index contributed by atoms with van der Waals surface area (Å²) in [6.45, 7) is 9.57. The smallest absolute Gasteiger partial charge is 0.333 e. The lowest BCUT2D eigenvalue weighted by Crippen LogP contribution is -2.67. The van der Waals surface area contributed by atoms with Gasteiger partial charge in [0.1, 0.15) is 30.5 Å². The lowest BCUT2D eigenvalue weighted by atomic mass is 9.95. The third-order valence-electron chi connectivity index (χ3n) is 26.0. The number of aliphatic hydroxyl groups is 6. The van der Waals surface area contributed by atoms with Crippen LogP contribution >= 0.6 is 0 Å². The number of carbonyl (C=O) groups excluding carboxylic acids is 6. The summed E-state index contributed by atoms with van der Waals surface area (Å²) in [4.78, 5) is 84.8. The summed E-state index contributed by atoms with van der Waals surface area (Å²) in [6.07, 6.45) is 64.6. The van der Waals surface area contributed by atoms with Crippen LogP contribution in [0.1, 0.15) is 535 Å². The topological polar surface area (TPSA) is 303 Å². The Labute approximate surface area is 758 Å². The highest BCUT2D eigenvalue weighted by Gasteiger charge is 2.52. The fourth-order valence-corrected chi connectivity index (χ4v) is 18.0. The van der Waals surface area contributed by atoms with Crippen molar-refractivity contribution in [3.8, 4) is 0 Å². The van der Waals surface area contributed by atoms with Gasteiger partial charge < -0.3 is 69.7 Å². The Morgan fingerprint density at radius 1 is 0.331 bits per heavy atom. The molecule has 2 aliphatic heterocycles. The van der Waals surface area contributed by atoms with Gasteiger partial charge in [0.05, 0.1) is 57.2 Å². The maximum Gasteiger partial charge on any atom is 0.333 e. The minimum atomic E-state index is -1.91. The van der Waals surface area contributed by atoms with Gasteiger partial charge >= 0.3 is 23.9 Å². The third kappa shape index (κ3) is 65.1. The van der Waals surface area contributed by atoms with Crippen LogP contribution in [-0.2, 0) is 57.2 Å². The lowest BCUT2D eigenvalue weighted by Gasteiger charge is -2.44. The summed E-state index contributed by atoms with van der Waals surface area (Å²) in [6, 6.07) is -3.34. The third-order valence-corrected chi connectivity index (χ3v) is 26.0. The molecule has 0 saturated carbocycles. The summed E-state index contributed by atoms with van der Waals surface area (Å²) in [5.74, 6) is -4.82. The number of aliphatic hydroxyl groups excluding tert-OH is 6. The van der Waals surface area contributed by atoms with Crippen LogP contribution in [0.4, 0.5) is 0 Å². The van der Waals surface area contributed by atoms with Crippen LogP contribution < -0.4 is 10.6 Å². The molecule has 0 aliphatic carbocycles. The van der Waals surface area contributed by atoms with Crippen molar-refractivity contribution in [2.24, 2.45) is 0 Å². The van der Waals surface area contributed by atoms with E-state index >= 15 is 0 Å². The molecule has 20 heteroatoms. The summed E-state index contributed by atoms with van der Waals surface area (Å²) in [5, 5.41) is 74.0. The molecule has 2 fully saturated rings. The van der Waals surface area contributed by atoms with E-state index in [1.165, 1.54) is 289 Å². The number of carbonyl (C=O) groups is 6. The molecule has 0 aromatic heterocycles. The highest BCUT2D eigenvalue weighted by molar-refractivity contribution is 5.86. The molecular formula is C104H196N2O18. The van der Waals surface area contributed by atoms with Gasteiger partial charge in [0, 0.05) is 6.42 Å². The minimum Gasteiger partial charge on any atom is -0.462 e. The number of hydrogen-bond acceptors (Lipinski definition) is 18. The fraction of sp³-hybridized carbons (Fsp3) is 0.942.